The van der Waals surface area contributed by atoms with Crippen LogP contribution in [0.15, 0.2) is 36.5 Å². The van der Waals surface area contributed by atoms with E-state index in [9.17, 15) is 5.11 Å². The summed E-state index contributed by atoms with van der Waals surface area (Å²) >= 11 is 5.80. The van der Waals surface area contributed by atoms with Crippen LogP contribution in [0.25, 0.3) is 0 Å². The van der Waals surface area contributed by atoms with Crippen molar-refractivity contribution in [1.82, 2.24) is 9.78 Å². The zero-order chi connectivity index (χ0) is 12.3. The van der Waals surface area contributed by atoms with E-state index in [-0.39, 0.29) is 0 Å². The summed E-state index contributed by atoms with van der Waals surface area (Å²) in [6.07, 6.45) is 2.80. The molecule has 1 unspecified atom stereocenters. The molecule has 0 amide bonds. The van der Waals surface area contributed by atoms with Crippen LogP contribution in [-0.2, 0) is 13.5 Å². The predicted octanol–water partition coefficient (Wildman–Crippen LogP) is 2.74. The maximum atomic E-state index is 10.0. The Hall–Kier alpha value is -1.32. The van der Waals surface area contributed by atoms with E-state index in [1.54, 1.807) is 18.3 Å². The number of aromatic nitrogens is 2. The largest absolute Gasteiger partial charge is 0.388 e. The first-order chi connectivity index (χ1) is 8.16. The molecule has 0 bridgehead atoms. The van der Waals surface area contributed by atoms with E-state index in [2.05, 4.69) is 5.10 Å². The van der Waals surface area contributed by atoms with Crippen molar-refractivity contribution in [2.75, 3.05) is 0 Å². The summed E-state index contributed by atoms with van der Waals surface area (Å²) in [6.45, 7) is 0. The number of nitrogens with zero attached hydrogens (tertiary/aromatic N) is 2. The highest BCUT2D eigenvalue weighted by molar-refractivity contribution is 6.30. The van der Waals surface area contributed by atoms with Gasteiger partial charge in [-0.2, -0.15) is 5.10 Å². The highest BCUT2D eigenvalue weighted by Crippen LogP contribution is 2.20. The lowest BCUT2D eigenvalue weighted by atomic mass is 10.0. The van der Waals surface area contributed by atoms with Crippen LogP contribution in [0.4, 0.5) is 0 Å². The quantitative estimate of drug-likeness (QED) is 0.906. The third kappa shape index (κ3) is 3.08. The number of aliphatic hydroxyl groups is 1. The van der Waals surface area contributed by atoms with Crippen molar-refractivity contribution in [2.45, 2.75) is 18.9 Å². The van der Waals surface area contributed by atoms with Gasteiger partial charge in [0.15, 0.2) is 0 Å². The number of rotatable bonds is 4. The van der Waals surface area contributed by atoms with Gasteiger partial charge in [-0.25, -0.2) is 0 Å². The second-order valence-corrected chi connectivity index (χ2v) is 4.49. The van der Waals surface area contributed by atoms with E-state index in [1.165, 1.54) is 0 Å². The molecule has 0 aliphatic heterocycles. The average molecular weight is 251 g/mol. The zero-order valence-corrected chi connectivity index (χ0v) is 10.4. The first-order valence-corrected chi connectivity index (χ1v) is 5.95. The normalized spacial score (nSPS) is 12.6. The molecule has 0 aliphatic carbocycles. The number of hydrogen-bond donors (Lipinski definition) is 1. The van der Waals surface area contributed by atoms with Gasteiger partial charge in [-0.1, -0.05) is 23.7 Å². The molecule has 1 N–H and O–H groups in total. The summed E-state index contributed by atoms with van der Waals surface area (Å²) in [7, 11) is 1.91. The van der Waals surface area contributed by atoms with Crippen LogP contribution >= 0.6 is 11.6 Å². The van der Waals surface area contributed by atoms with Gasteiger partial charge in [-0.15, -0.1) is 0 Å². The molecule has 2 aromatic rings. The van der Waals surface area contributed by atoms with Gasteiger partial charge in [-0.05, 0) is 36.6 Å². The van der Waals surface area contributed by atoms with Gasteiger partial charge in [0, 0.05) is 24.0 Å². The number of hydrogen-bond acceptors (Lipinski definition) is 2. The van der Waals surface area contributed by atoms with Crippen molar-refractivity contribution < 1.29 is 5.11 Å². The molecule has 0 aliphatic rings. The number of aliphatic hydroxyl groups excluding tert-OH is 1. The monoisotopic (exact) mass is 250 g/mol. The van der Waals surface area contributed by atoms with E-state index < -0.39 is 6.10 Å². The Morgan fingerprint density at radius 3 is 2.59 bits per heavy atom. The van der Waals surface area contributed by atoms with Gasteiger partial charge >= 0.3 is 0 Å². The molecule has 1 atom stereocenters. The van der Waals surface area contributed by atoms with Crippen molar-refractivity contribution in [1.29, 1.82) is 0 Å². The first kappa shape index (κ1) is 12.1. The molecule has 90 valence electrons. The molecule has 1 heterocycles. The summed E-state index contributed by atoms with van der Waals surface area (Å²) in [5.41, 5.74) is 2.02. The van der Waals surface area contributed by atoms with E-state index >= 15 is 0 Å². The van der Waals surface area contributed by atoms with Crippen molar-refractivity contribution in [2.24, 2.45) is 7.05 Å². The van der Waals surface area contributed by atoms with E-state index in [0.717, 1.165) is 17.7 Å². The Morgan fingerprint density at radius 1 is 1.29 bits per heavy atom. The third-order valence-electron chi connectivity index (χ3n) is 2.85. The second-order valence-electron chi connectivity index (χ2n) is 4.05. The molecule has 0 radical (unpaired) electrons. The standard InChI is InChI=1S/C13H15ClN2O/c1-16-12(8-9-15-16)6-7-13(17)10-2-4-11(14)5-3-10/h2-5,8-9,13,17H,6-7H2,1H3. The van der Waals surface area contributed by atoms with Crippen LogP contribution in [0.3, 0.4) is 0 Å². The molecule has 0 saturated carbocycles. The van der Waals surface area contributed by atoms with Crippen LogP contribution in [0.5, 0.6) is 0 Å². The Labute approximate surface area is 106 Å². The minimum Gasteiger partial charge on any atom is -0.388 e. The van der Waals surface area contributed by atoms with E-state index in [0.29, 0.717) is 11.4 Å². The molecule has 0 saturated heterocycles. The fraction of sp³-hybridized carbons (Fsp3) is 0.308. The fourth-order valence-electron chi connectivity index (χ4n) is 1.78. The van der Waals surface area contributed by atoms with E-state index in [1.807, 2.05) is 29.9 Å². The third-order valence-corrected chi connectivity index (χ3v) is 3.10. The average Bonchev–Trinajstić information content (AvgIpc) is 2.73. The number of halogens is 1. The summed E-state index contributed by atoms with van der Waals surface area (Å²) in [4.78, 5) is 0. The number of benzene rings is 1. The Balaban J connectivity index is 1.95. The molecule has 0 fully saturated rings. The molecule has 1 aromatic carbocycles. The molecule has 1 aromatic heterocycles. The van der Waals surface area contributed by atoms with Gasteiger partial charge in [0.2, 0.25) is 0 Å². The maximum absolute atomic E-state index is 10.0. The molecule has 2 rings (SSSR count). The Kier molecular flexibility index (Phi) is 3.82. The van der Waals surface area contributed by atoms with Crippen LogP contribution in [0.1, 0.15) is 23.8 Å². The maximum Gasteiger partial charge on any atom is 0.0793 e. The lowest BCUT2D eigenvalue weighted by molar-refractivity contribution is 0.167. The minimum atomic E-state index is -0.456. The smallest absolute Gasteiger partial charge is 0.0793 e. The van der Waals surface area contributed by atoms with Gasteiger partial charge in [0.25, 0.3) is 0 Å². The fourth-order valence-corrected chi connectivity index (χ4v) is 1.91. The van der Waals surface area contributed by atoms with Crippen LogP contribution in [-0.4, -0.2) is 14.9 Å². The summed E-state index contributed by atoms with van der Waals surface area (Å²) in [6, 6.07) is 9.27. The van der Waals surface area contributed by atoms with Gasteiger partial charge in [-0.3, -0.25) is 4.68 Å². The summed E-state index contributed by atoms with van der Waals surface area (Å²) in [5.74, 6) is 0. The van der Waals surface area contributed by atoms with Crippen molar-refractivity contribution >= 4 is 11.6 Å². The van der Waals surface area contributed by atoms with Gasteiger partial charge < -0.3 is 5.11 Å². The zero-order valence-electron chi connectivity index (χ0n) is 9.68. The molecular weight excluding hydrogens is 236 g/mol. The molecule has 17 heavy (non-hydrogen) atoms. The van der Waals surface area contributed by atoms with Crippen molar-refractivity contribution in [3.05, 3.63) is 52.8 Å². The first-order valence-electron chi connectivity index (χ1n) is 5.57. The molecular formula is C13H15ClN2O. The Bertz CT molecular complexity index is 478. The Morgan fingerprint density at radius 2 is 2.00 bits per heavy atom. The topological polar surface area (TPSA) is 38.0 Å². The number of aryl methyl sites for hydroxylation is 2. The van der Waals surface area contributed by atoms with Crippen LogP contribution in [0.2, 0.25) is 5.02 Å². The lowest BCUT2D eigenvalue weighted by Crippen LogP contribution is -2.03. The molecule has 4 heteroatoms. The second kappa shape index (κ2) is 5.34. The predicted molar refractivity (Wildman–Crippen MR) is 67.9 cm³/mol. The summed E-state index contributed by atoms with van der Waals surface area (Å²) in [5, 5.41) is 14.8. The van der Waals surface area contributed by atoms with Crippen LogP contribution < -0.4 is 0 Å². The van der Waals surface area contributed by atoms with Gasteiger partial charge in [0.05, 0.1) is 6.10 Å². The highest BCUT2D eigenvalue weighted by Gasteiger charge is 2.08. The SMILES string of the molecule is Cn1nccc1CCC(O)c1ccc(Cl)cc1. The highest BCUT2D eigenvalue weighted by atomic mass is 35.5. The lowest BCUT2D eigenvalue weighted by Gasteiger charge is -2.11. The van der Waals surface area contributed by atoms with Crippen molar-refractivity contribution in [3.63, 3.8) is 0 Å². The van der Waals surface area contributed by atoms with Crippen LogP contribution in [0, 0.1) is 0 Å². The van der Waals surface area contributed by atoms with Gasteiger partial charge in [0.1, 0.15) is 0 Å². The molecule has 3 nitrogen and oxygen atoms in total. The van der Waals surface area contributed by atoms with Crippen molar-refractivity contribution in [3.8, 4) is 0 Å². The molecule has 0 spiro atoms. The minimum absolute atomic E-state index is 0.456. The summed E-state index contributed by atoms with van der Waals surface area (Å²) < 4.78 is 1.83. The van der Waals surface area contributed by atoms with E-state index in [4.69, 9.17) is 11.6 Å².